The van der Waals surface area contributed by atoms with E-state index in [9.17, 15) is 4.79 Å². The van der Waals surface area contributed by atoms with Crippen LogP contribution in [0.15, 0.2) is 12.1 Å². The molecule has 110 valence electrons. The summed E-state index contributed by atoms with van der Waals surface area (Å²) in [5.41, 5.74) is 6.39. The van der Waals surface area contributed by atoms with Crippen LogP contribution in [0.5, 0.6) is 5.88 Å². The van der Waals surface area contributed by atoms with Gasteiger partial charge in [-0.3, -0.25) is 4.79 Å². The molecule has 0 radical (unpaired) electrons. The van der Waals surface area contributed by atoms with Gasteiger partial charge in [0.05, 0.1) is 18.8 Å². The van der Waals surface area contributed by atoms with Crippen LogP contribution in [0.3, 0.4) is 0 Å². The standard InChI is InChI=1S/C14H22N4O2/c1-17(2)13(19)8-18(3)12-7-6-11(15)14(16-12)20-9-10-4-5-10/h6-7,10H,4-5,8-9,15H2,1-3H3. The van der Waals surface area contributed by atoms with Crippen molar-refractivity contribution in [2.75, 3.05) is 44.9 Å². The molecule has 6 heteroatoms. The summed E-state index contributed by atoms with van der Waals surface area (Å²) in [5.74, 6) is 1.80. The molecular formula is C14H22N4O2. The van der Waals surface area contributed by atoms with Crippen molar-refractivity contribution in [3.05, 3.63) is 12.1 Å². The van der Waals surface area contributed by atoms with Crippen LogP contribution in [0.1, 0.15) is 12.8 Å². The van der Waals surface area contributed by atoms with E-state index in [0.717, 1.165) is 0 Å². The molecule has 0 atom stereocenters. The van der Waals surface area contributed by atoms with Gasteiger partial charge in [-0.2, -0.15) is 4.98 Å². The maximum absolute atomic E-state index is 11.7. The van der Waals surface area contributed by atoms with E-state index in [4.69, 9.17) is 10.5 Å². The molecule has 2 N–H and O–H groups in total. The number of nitrogens with zero attached hydrogens (tertiary/aromatic N) is 3. The minimum atomic E-state index is 0.0200. The molecule has 1 saturated carbocycles. The van der Waals surface area contributed by atoms with Gasteiger partial charge in [0, 0.05) is 21.1 Å². The normalized spacial score (nSPS) is 13.9. The molecule has 1 aliphatic carbocycles. The highest BCUT2D eigenvalue weighted by atomic mass is 16.5. The lowest BCUT2D eigenvalue weighted by molar-refractivity contribution is -0.127. The Balaban J connectivity index is 2.02. The highest BCUT2D eigenvalue weighted by Gasteiger charge is 2.22. The van der Waals surface area contributed by atoms with Crippen LogP contribution in [0.2, 0.25) is 0 Å². The van der Waals surface area contributed by atoms with Crippen molar-refractivity contribution in [2.24, 2.45) is 5.92 Å². The SMILES string of the molecule is CN(C)C(=O)CN(C)c1ccc(N)c(OCC2CC2)n1. The summed E-state index contributed by atoms with van der Waals surface area (Å²) in [4.78, 5) is 19.4. The maximum Gasteiger partial charge on any atom is 0.241 e. The Hall–Kier alpha value is -1.98. The number of ether oxygens (including phenoxy) is 1. The molecule has 1 fully saturated rings. The first kappa shape index (κ1) is 14.4. The van der Waals surface area contributed by atoms with Crippen LogP contribution in [-0.2, 0) is 4.79 Å². The van der Waals surface area contributed by atoms with E-state index >= 15 is 0 Å². The molecule has 6 nitrogen and oxygen atoms in total. The molecule has 1 heterocycles. The fraction of sp³-hybridized carbons (Fsp3) is 0.571. The lowest BCUT2D eigenvalue weighted by atomic mass is 10.3. The van der Waals surface area contributed by atoms with Crippen LogP contribution in [0.4, 0.5) is 11.5 Å². The van der Waals surface area contributed by atoms with Gasteiger partial charge in [0.15, 0.2) is 0 Å². The van der Waals surface area contributed by atoms with Gasteiger partial charge in [-0.1, -0.05) is 0 Å². The number of anilines is 2. The Bertz CT molecular complexity index is 486. The highest BCUT2D eigenvalue weighted by Crippen LogP contribution is 2.31. The molecule has 20 heavy (non-hydrogen) atoms. The van der Waals surface area contributed by atoms with Crippen LogP contribution < -0.4 is 15.4 Å². The van der Waals surface area contributed by atoms with Crippen molar-refractivity contribution in [3.8, 4) is 5.88 Å². The van der Waals surface area contributed by atoms with Crippen LogP contribution in [-0.4, -0.2) is 50.1 Å². The summed E-state index contributed by atoms with van der Waals surface area (Å²) in [6.45, 7) is 0.937. The number of likely N-dealkylation sites (N-methyl/N-ethyl adjacent to an activating group) is 2. The smallest absolute Gasteiger partial charge is 0.241 e. The summed E-state index contributed by atoms with van der Waals surface area (Å²) in [7, 11) is 5.29. The van der Waals surface area contributed by atoms with Gasteiger partial charge in [-0.05, 0) is 30.9 Å². The molecule has 0 unspecified atom stereocenters. The first-order valence-electron chi connectivity index (χ1n) is 6.78. The van der Waals surface area contributed by atoms with Crippen molar-refractivity contribution in [1.82, 2.24) is 9.88 Å². The van der Waals surface area contributed by atoms with E-state index in [2.05, 4.69) is 4.98 Å². The first-order valence-corrected chi connectivity index (χ1v) is 6.78. The topological polar surface area (TPSA) is 71.7 Å². The fourth-order valence-corrected chi connectivity index (χ4v) is 1.68. The van der Waals surface area contributed by atoms with Gasteiger partial charge in [-0.15, -0.1) is 0 Å². The van der Waals surface area contributed by atoms with Crippen molar-refractivity contribution >= 4 is 17.4 Å². The third-order valence-corrected chi connectivity index (χ3v) is 3.29. The number of amides is 1. The number of nitrogens with two attached hydrogens (primary N) is 1. The second kappa shape index (κ2) is 5.98. The quantitative estimate of drug-likeness (QED) is 0.839. The maximum atomic E-state index is 11.7. The molecule has 0 aliphatic heterocycles. The monoisotopic (exact) mass is 278 g/mol. The number of nitrogen functional groups attached to an aromatic ring is 1. The molecule has 1 amide bonds. The number of hydrogen-bond donors (Lipinski definition) is 1. The lowest BCUT2D eigenvalue weighted by Gasteiger charge is -2.21. The van der Waals surface area contributed by atoms with Gasteiger partial charge < -0.3 is 20.3 Å². The number of hydrogen-bond acceptors (Lipinski definition) is 5. The second-order valence-electron chi connectivity index (χ2n) is 5.46. The number of rotatable bonds is 6. The Kier molecular flexibility index (Phi) is 4.32. The molecule has 0 spiro atoms. The van der Waals surface area contributed by atoms with E-state index in [0.29, 0.717) is 29.9 Å². The average Bonchev–Trinajstić information content (AvgIpc) is 3.21. The average molecular weight is 278 g/mol. The Morgan fingerprint density at radius 2 is 2.10 bits per heavy atom. The molecule has 2 rings (SSSR count). The minimum absolute atomic E-state index is 0.0200. The first-order chi connectivity index (χ1) is 9.47. The number of carbonyl (C=O) groups is 1. The van der Waals surface area contributed by atoms with Crippen LogP contribution >= 0.6 is 0 Å². The van der Waals surface area contributed by atoms with E-state index < -0.39 is 0 Å². The third-order valence-electron chi connectivity index (χ3n) is 3.29. The largest absolute Gasteiger partial charge is 0.476 e. The lowest BCUT2D eigenvalue weighted by Crippen LogP contribution is -2.34. The molecular weight excluding hydrogens is 256 g/mol. The van der Waals surface area contributed by atoms with E-state index in [1.165, 1.54) is 12.8 Å². The summed E-state index contributed by atoms with van der Waals surface area (Å²) in [6, 6.07) is 3.56. The third kappa shape index (κ3) is 3.76. The molecule has 1 aromatic heterocycles. The molecule has 0 aromatic carbocycles. The summed E-state index contributed by atoms with van der Waals surface area (Å²) >= 11 is 0. The predicted molar refractivity (Wildman–Crippen MR) is 78.8 cm³/mol. The Morgan fingerprint density at radius 3 is 2.70 bits per heavy atom. The number of aromatic nitrogens is 1. The van der Waals surface area contributed by atoms with Crippen molar-refractivity contribution in [3.63, 3.8) is 0 Å². The predicted octanol–water partition coefficient (Wildman–Crippen LogP) is 0.977. The Labute approximate surface area is 119 Å². The fourth-order valence-electron chi connectivity index (χ4n) is 1.68. The summed E-state index contributed by atoms with van der Waals surface area (Å²) in [5, 5.41) is 0. The van der Waals surface area contributed by atoms with E-state index in [-0.39, 0.29) is 12.5 Å². The van der Waals surface area contributed by atoms with Gasteiger partial charge in [-0.25, -0.2) is 0 Å². The van der Waals surface area contributed by atoms with Crippen LogP contribution in [0.25, 0.3) is 0 Å². The zero-order chi connectivity index (χ0) is 14.7. The van der Waals surface area contributed by atoms with Gasteiger partial charge in [0.25, 0.3) is 0 Å². The molecule has 1 aromatic rings. The van der Waals surface area contributed by atoms with Gasteiger partial charge in [0.1, 0.15) is 5.82 Å². The zero-order valence-electron chi connectivity index (χ0n) is 12.3. The van der Waals surface area contributed by atoms with Gasteiger partial charge in [0.2, 0.25) is 11.8 Å². The van der Waals surface area contributed by atoms with E-state index in [1.54, 1.807) is 36.0 Å². The van der Waals surface area contributed by atoms with Gasteiger partial charge >= 0.3 is 0 Å². The molecule has 0 saturated heterocycles. The number of carbonyl (C=O) groups excluding carboxylic acids is 1. The molecule has 0 bridgehead atoms. The highest BCUT2D eigenvalue weighted by molar-refractivity contribution is 5.80. The van der Waals surface area contributed by atoms with E-state index in [1.807, 2.05) is 7.05 Å². The van der Waals surface area contributed by atoms with Crippen LogP contribution in [0, 0.1) is 5.92 Å². The number of pyridine rings is 1. The van der Waals surface area contributed by atoms with Crippen molar-refractivity contribution in [2.45, 2.75) is 12.8 Å². The minimum Gasteiger partial charge on any atom is -0.476 e. The zero-order valence-corrected chi connectivity index (χ0v) is 12.3. The second-order valence-corrected chi connectivity index (χ2v) is 5.46. The molecule has 1 aliphatic rings. The summed E-state index contributed by atoms with van der Waals surface area (Å²) < 4.78 is 5.65. The van der Waals surface area contributed by atoms with Crippen molar-refractivity contribution < 1.29 is 9.53 Å². The summed E-state index contributed by atoms with van der Waals surface area (Å²) in [6.07, 6.45) is 2.44. The van der Waals surface area contributed by atoms with Crippen molar-refractivity contribution in [1.29, 1.82) is 0 Å². The Morgan fingerprint density at radius 1 is 1.40 bits per heavy atom.